The third-order valence-electron chi connectivity index (χ3n) is 3.68. The van der Waals surface area contributed by atoms with E-state index in [2.05, 4.69) is 20.3 Å². The smallest absolute Gasteiger partial charge is 0.314 e. The minimum atomic E-state index is -0.648. The maximum atomic E-state index is 12.7. The van der Waals surface area contributed by atoms with Gasteiger partial charge in [-0.3, -0.25) is 24.6 Å². The Bertz CT molecular complexity index is 820. The standard InChI is InChI=1S/C13H16N6O3/c1-18(19-6-4-14-5-7-19)12(21)8-2-3-15-10-9(8)11(20)17-13(22)16-10/h2-3,14H,4-7H2,1H3,(H2,15,16,17,20,22). The number of aromatic amines is 2. The molecule has 0 bridgehead atoms. The fraction of sp³-hybridized carbons (Fsp3) is 0.385. The molecule has 2 aromatic heterocycles. The number of rotatable bonds is 2. The molecule has 3 N–H and O–H groups in total. The summed E-state index contributed by atoms with van der Waals surface area (Å²) >= 11 is 0. The fourth-order valence-electron chi connectivity index (χ4n) is 2.52. The molecule has 0 atom stereocenters. The van der Waals surface area contributed by atoms with Gasteiger partial charge in [0.2, 0.25) is 0 Å². The molecule has 0 aromatic carbocycles. The Labute approximate surface area is 124 Å². The molecule has 0 saturated carbocycles. The number of aromatic nitrogens is 3. The van der Waals surface area contributed by atoms with Crippen molar-refractivity contribution in [1.82, 2.24) is 30.3 Å². The number of amides is 1. The van der Waals surface area contributed by atoms with Gasteiger partial charge in [-0.1, -0.05) is 0 Å². The highest BCUT2D eigenvalue weighted by molar-refractivity contribution is 6.04. The number of nitrogens with zero attached hydrogens (tertiary/aromatic N) is 3. The predicted octanol–water partition coefficient (Wildman–Crippen LogP) is -1.50. The van der Waals surface area contributed by atoms with Crippen molar-refractivity contribution in [1.29, 1.82) is 0 Å². The van der Waals surface area contributed by atoms with Gasteiger partial charge in [-0.05, 0) is 6.07 Å². The molecule has 1 aliphatic rings. The normalized spacial score (nSPS) is 15.9. The lowest BCUT2D eigenvalue weighted by Crippen LogP contribution is -2.53. The van der Waals surface area contributed by atoms with Crippen molar-refractivity contribution < 1.29 is 4.79 Å². The topological polar surface area (TPSA) is 114 Å². The summed E-state index contributed by atoms with van der Waals surface area (Å²) in [6.45, 7) is 3.00. The molecule has 1 saturated heterocycles. The van der Waals surface area contributed by atoms with Gasteiger partial charge in [-0.25, -0.2) is 14.8 Å². The van der Waals surface area contributed by atoms with Gasteiger partial charge in [0.05, 0.1) is 10.9 Å². The van der Waals surface area contributed by atoms with Gasteiger partial charge < -0.3 is 5.32 Å². The van der Waals surface area contributed by atoms with Crippen LogP contribution in [-0.4, -0.2) is 64.1 Å². The SMILES string of the molecule is CN(C(=O)c1ccnc2[nH]c(=O)[nH]c(=O)c12)N1CCNCC1. The molecule has 0 spiro atoms. The van der Waals surface area contributed by atoms with Crippen LogP contribution in [0.25, 0.3) is 11.0 Å². The van der Waals surface area contributed by atoms with Crippen LogP contribution in [0.5, 0.6) is 0 Å². The van der Waals surface area contributed by atoms with Crippen molar-refractivity contribution in [2.45, 2.75) is 0 Å². The summed E-state index contributed by atoms with van der Waals surface area (Å²) < 4.78 is 0. The average Bonchev–Trinajstić information content (AvgIpc) is 2.53. The van der Waals surface area contributed by atoms with Gasteiger partial charge in [0.25, 0.3) is 11.5 Å². The highest BCUT2D eigenvalue weighted by Gasteiger charge is 2.23. The van der Waals surface area contributed by atoms with Crippen molar-refractivity contribution in [2.24, 2.45) is 0 Å². The zero-order chi connectivity index (χ0) is 15.7. The third-order valence-corrected chi connectivity index (χ3v) is 3.68. The predicted molar refractivity (Wildman–Crippen MR) is 79.5 cm³/mol. The molecule has 22 heavy (non-hydrogen) atoms. The van der Waals surface area contributed by atoms with Gasteiger partial charge in [-0.2, -0.15) is 0 Å². The molecule has 0 unspecified atom stereocenters. The average molecular weight is 304 g/mol. The number of hydrogen-bond donors (Lipinski definition) is 3. The van der Waals surface area contributed by atoms with Crippen LogP contribution in [0, 0.1) is 0 Å². The molecule has 1 amide bonds. The summed E-state index contributed by atoms with van der Waals surface area (Å²) in [6, 6.07) is 1.48. The molecule has 1 fully saturated rings. The van der Waals surface area contributed by atoms with E-state index < -0.39 is 11.2 Å². The largest absolute Gasteiger partial charge is 0.327 e. The van der Waals surface area contributed by atoms with E-state index in [1.807, 2.05) is 5.01 Å². The van der Waals surface area contributed by atoms with Crippen molar-refractivity contribution in [3.8, 4) is 0 Å². The lowest BCUT2D eigenvalue weighted by Gasteiger charge is -2.35. The van der Waals surface area contributed by atoms with E-state index in [1.54, 1.807) is 7.05 Å². The number of hydrazine groups is 1. The lowest BCUT2D eigenvalue weighted by molar-refractivity contribution is -0.000692. The Hall–Kier alpha value is -2.52. The summed E-state index contributed by atoms with van der Waals surface area (Å²) in [6.07, 6.45) is 1.40. The van der Waals surface area contributed by atoms with Gasteiger partial charge in [0.15, 0.2) is 0 Å². The monoisotopic (exact) mass is 304 g/mol. The van der Waals surface area contributed by atoms with Crippen molar-refractivity contribution >= 4 is 16.9 Å². The molecular formula is C13H16N6O3. The second-order valence-electron chi connectivity index (χ2n) is 5.02. The molecule has 3 rings (SSSR count). The van der Waals surface area contributed by atoms with Crippen LogP contribution in [0.4, 0.5) is 0 Å². The molecule has 0 radical (unpaired) electrons. The van der Waals surface area contributed by atoms with E-state index in [4.69, 9.17) is 0 Å². The van der Waals surface area contributed by atoms with Crippen LogP contribution >= 0.6 is 0 Å². The zero-order valence-electron chi connectivity index (χ0n) is 12.0. The molecule has 9 heteroatoms. The third kappa shape index (κ3) is 2.51. The van der Waals surface area contributed by atoms with E-state index in [1.165, 1.54) is 17.3 Å². The van der Waals surface area contributed by atoms with Crippen molar-refractivity contribution in [2.75, 3.05) is 33.2 Å². The lowest BCUT2D eigenvalue weighted by atomic mass is 10.1. The van der Waals surface area contributed by atoms with Gasteiger partial charge in [0.1, 0.15) is 5.65 Å². The summed E-state index contributed by atoms with van der Waals surface area (Å²) in [7, 11) is 1.67. The molecule has 2 aromatic rings. The summed E-state index contributed by atoms with van der Waals surface area (Å²) in [5.41, 5.74) is -0.953. The Morgan fingerprint density at radius 1 is 1.27 bits per heavy atom. The first kappa shape index (κ1) is 14.4. The van der Waals surface area contributed by atoms with Crippen LogP contribution in [0.1, 0.15) is 10.4 Å². The Morgan fingerprint density at radius 3 is 2.73 bits per heavy atom. The first-order valence-electron chi connectivity index (χ1n) is 6.93. The fourth-order valence-corrected chi connectivity index (χ4v) is 2.52. The second-order valence-corrected chi connectivity index (χ2v) is 5.02. The van der Waals surface area contributed by atoms with Gasteiger partial charge >= 0.3 is 5.69 Å². The van der Waals surface area contributed by atoms with E-state index >= 15 is 0 Å². The van der Waals surface area contributed by atoms with Crippen LogP contribution in [0.3, 0.4) is 0 Å². The molecule has 3 heterocycles. The minimum Gasteiger partial charge on any atom is -0.314 e. The molecule has 116 valence electrons. The van der Waals surface area contributed by atoms with Crippen LogP contribution in [0.15, 0.2) is 21.9 Å². The van der Waals surface area contributed by atoms with E-state index in [-0.39, 0.29) is 22.5 Å². The molecule has 9 nitrogen and oxygen atoms in total. The quantitative estimate of drug-likeness (QED) is 0.622. The summed E-state index contributed by atoms with van der Waals surface area (Å²) in [4.78, 5) is 44.5. The number of fused-ring (bicyclic) bond motifs is 1. The summed E-state index contributed by atoms with van der Waals surface area (Å²) in [5.74, 6) is -0.313. The maximum absolute atomic E-state index is 12.7. The molecular weight excluding hydrogens is 288 g/mol. The number of H-pyrrole nitrogens is 2. The number of carbonyl (C=O) groups excluding carboxylic acids is 1. The maximum Gasteiger partial charge on any atom is 0.327 e. The first-order valence-corrected chi connectivity index (χ1v) is 6.93. The number of hydrogen-bond acceptors (Lipinski definition) is 6. The van der Waals surface area contributed by atoms with Gasteiger partial charge in [-0.15, -0.1) is 0 Å². The second kappa shape index (κ2) is 5.70. The minimum absolute atomic E-state index is 0.0917. The zero-order valence-corrected chi connectivity index (χ0v) is 12.0. The number of piperazine rings is 1. The highest BCUT2D eigenvalue weighted by atomic mass is 16.2. The van der Waals surface area contributed by atoms with Crippen molar-refractivity contribution in [3.05, 3.63) is 38.7 Å². The molecule has 0 aliphatic carbocycles. The van der Waals surface area contributed by atoms with E-state index in [0.29, 0.717) is 13.1 Å². The van der Waals surface area contributed by atoms with E-state index in [0.717, 1.165) is 13.1 Å². The van der Waals surface area contributed by atoms with Crippen molar-refractivity contribution in [3.63, 3.8) is 0 Å². The van der Waals surface area contributed by atoms with Crippen LogP contribution in [-0.2, 0) is 0 Å². The van der Waals surface area contributed by atoms with Crippen LogP contribution < -0.4 is 16.6 Å². The highest BCUT2D eigenvalue weighted by Crippen LogP contribution is 2.13. The molecule has 1 aliphatic heterocycles. The number of nitrogens with one attached hydrogen (secondary N) is 3. The Kier molecular flexibility index (Phi) is 3.73. The Morgan fingerprint density at radius 2 is 2.00 bits per heavy atom. The summed E-state index contributed by atoms with van der Waals surface area (Å²) in [5, 5.41) is 6.71. The number of carbonyl (C=O) groups is 1. The number of pyridine rings is 1. The van der Waals surface area contributed by atoms with Crippen LogP contribution in [0.2, 0.25) is 0 Å². The first-order chi connectivity index (χ1) is 10.6. The van der Waals surface area contributed by atoms with Gasteiger partial charge in [0, 0.05) is 39.4 Å². The Balaban J connectivity index is 2.04. The van der Waals surface area contributed by atoms with E-state index in [9.17, 15) is 14.4 Å².